The van der Waals surface area contributed by atoms with Crippen LogP contribution in [0.25, 0.3) is 0 Å². The Balaban J connectivity index is 1.36. The van der Waals surface area contributed by atoms with Gasteiger partial charge in [0, 0.05) is 49.9 Å². The summed E-state index contributed by atoms with van der Waals surface area (Å²) in [5.41, 5.74) is 1.79. The molecule has 0 spiro atoms. The van der Waals surface area contributed by atoms with E-state index in [0.717, 1.165) is 29.5 Å². The summed E-state index contributed by atoms with van der Waals surface area (Å²) in [6.07, 6.45) is 1.88. The van der Waals surface area contributed by atoms with Crippen molar-refractivity contribution in [3.8, 4) is 0 Å². The van der Waals surface area contributed by atoms with Crippen LogP contribution < -0.4 is 5.32 Å². The zero-order valence-electron chi connectivity index (χ0n) is 16.9. The lowest BCUT2D eigenvalue weighted by Gasteiger charge is -2.31. The molecule has 2 aliphatic rings. The lowest BCUT2D eigenvalue weighted by Crippen LogP contribution is -2.37. The van der Waals surface area contributed by atoms with Gasteiger partial charge in [-0.3, -0.25) is 9.78 Å². The van der Waals surface area contributed by atoms with Gasteiger partial charge in [0.05, 0.1) is 5.69 Å². The first-order chi connectivity index (χ1) is 14.3. The molecule has 4 heterocycles. The van der Waals surface area contributed by atoms with Crippen molar-refractivity contribution < 1.29 is 18.0 Å². The third kappa shape index (κ3) is 4.44. The Hall–Kier alpha value is -2.58. The van der Waals surface area contributed by atoms with Crippen molar-refractivity contribution >= 4 is 11.7 Å². The molecule has 6 nitrogen and oxygen atoms in total. The lowest BCUT2D eigenvalue weighted by molar-refractivity contribution is -0.173. The number of carbonyl (C=O) groups excluding carboxylic acids is 1. The number of likely N-dealkylation sites (tertiary alicyclic amines) is 1. The highest BCUT2D eigenvalue weighted by Crippen LogP contribution is 2.40. The summed E-state index contributed by atoms with van der Waals surface area (Å²) >= 11 is 0. The number of alkyl halides is 3. The molecule has 1 N–H and O–H groups in total. The van der Waals surface area contributed by atoms with Gasteiger partial charge in [0.25, 0.3) is 0 Å². The van der Waals surface area contributed by atoms with E-state index in [1.54, 1.807) is 25.4 Å². The third-order valence-electron chi connectivity index (χ3n) is 5.96. The van der Waals surface area contributed by atoms with Gasteiger partial charge in [-0.2, -0.15) is 18.3 Å². The predicted molar refractivity (Wildman–Crippen MR) is 106 cm³/mol. The summed E-state index contributed by atoms with van der Waals surface area (Å²) in [5.74, 6) is 0.474. The zero-order chi connectivity index (χ0) is 21.3. The van der Waals surface area contributed by atoms with Crippen LogP contribution in [0, 0.1) is 0 Å². The van der Waals surface area contributed by atoms with Crippen LogP contribution >= 0.6 is 0 Å². The second-order valence-electron chi connectivity index (χ2n) is 8.27. The Morgan fingerprint density at radius 1 is 1.30 bits per heavy atom. The third-order valence-corrected chi connectivity index (χ3v) is 5.96. The van der Waals surface area contributed by atoms with Crippen LogP contribution in [0.5, 0.6) is 0 Å². The molecule has 1 saturated heterocycles. The summed E-state index contributed by atoms with van der Waals surface area (Å²) in [7, 11) is 0. The van der Waals surface area contributed by atoms with Crippen molar-refractivity contribution in [2.75, 3.05) is 18.4 Å². The standard InChI is InChI=1S/C21H26F3N5O/c1-14-11-18(21(22,23)24)29-19(26-14)12-17(27-29)16-7-10-28(13-16)20(30)4-2-3-15-5-8-25-9-6-15/h5-6,8-9,12,14,16,18,26H,2-4,7,10-11,13H2,1H3/t14-,16+,18-/m1/s1. The van der Waals surface area contributed by atoms with Crippen LogP contribution in [0.4, 0.5) is 19.0 Å². The van der Waals surface area contributed by atoms with Gasteiger partial charge < -0.3 is 10.2 Å². The normalized spacial score (nSPS) is 23.9. The number of aromatic nitrogens is 3. The van der Waals surface area contributed by atoms with Gasteiger partial charge in [0.2, 0.25) is 5.91 Å². The average molecular weight is 421 g/mol. The zero-order valence-corrected chi connectivity index (χ0v) is 16.9. The maximum Gasteiger partial charge on any atom is 0.410 e. The Morgan fingerprint density at radius 3 is 2.80 bits per heavy atom. The number of aryl methyl sites for hydroxylation is 1. The van der Waals surface area contributed by atoms with E-state index in [-0.39, 0.29) is 24.3 Å². The van der Waals surface area contributed by atoms with Crippen molar-refractivity contribution in [3.63, 3.8) is 0 Å². The Morgan fingerprint density at radius 2 is 2.07 bits per heavy atom. The van der Waals surface area contributed by atoms with Gasteiger partial charge in [-0.25, -0.2) is 4.68 Å². The quantitative estimate of drug-likeness (QED) is 0.795. The highest BCUT2D eigenvalue weighted by Gasteiger charge is 2.46. The minimum Gasteiger partial charge on any atom is -0.368 e. The maximum absolute atomic E-state index is 13.4. The molecule has 3 atom stereocenters. The van der Waals surface area contributed by atoms with E-state index < -0.39 is 12.2 Å². The first-order valence-electron chi connectivity index (χ1n) is 10.4. The van der Waals surface area contributed by atoms with E-state index >= 15 is 0 Å². The van der Waals surface area contributed by atoms with Crippen molar-refractivity contribution in [2.45, 2.75) is 63.2 Å². The number of fused-ring (bicyclic) bond motifs is 1. The minimum atomic E-state index is -4.33. The number of carbonyl (C=O) groups is 1. The fourth-order valence-electron chi connectivity index (χ4n) is 4.36. The van der Waals surface area contributed by atoms with E-state index in [1.165, 1.54) is 0 Å². The van der Waals surface area contributed by atoms with Gasteiger partial charge in [0.15, 0.2) is 6.04 Å². The average Bonchev–Trinajstić information content (AvgIpc) is 3.34. The predicted octanol–water partition coefficient (Wildman–Crippen LogP) is 3.92. The number of hydrogen-bond acceptors (Lipinski definition) is 4. The van der Waals surface area contributed by atoms with Crippen LogP contribution in [0.15, 0.2) is 30.6 Å². The van der Waals surface area contributed by atoms with Crippen molar-refractivity contribution in [1.82, 2.24) is 19.7 Å². The van der Waals surface area contributed by atoms with E-state index in [1.807, 2.05) is 17.0 Å². The molecule has 4 rings (SSSR count). The molecule has 0 aliphatic carbocycles. The van der Waals surface area contributed by atoms with Gasteiger partial charge in [0.1, 0.15) is 5.82 Å². The van der Waals surface area contributed by atoms with Crippen LogP contribution in [0.3, 0.4) is 0 Å². The molecule has 1 fully saturated rings. The summed E-state index contributed by atoms with van der Waals surface area (Å²) in [6, 6.07) is 3.73. The molecule has 0 aromatic carbocycles. The number of halogens is 3. The molecule has 2 aromatic rings. The van der Waals surface area contributed by atoms with E-state index in [4.69, 9.17) is 0 Å². The summed E-state index contributed by atoms with van der Waals surface area (Å²) in [6.45, 7) is 2.88. The molecule has 0 saturated carbocycles. The molecule has 0 radical (unpaired) electrons. The van der Waals surface area contributed by atoms with E-state index in [2.05, 4.69) is 15.4 Å². The van der Waals surface area contributed by atoms with E-state index in [0.29, 0.717) is 31.0 Å². The van der Waals surface area contributed by atoms with Crippen molar-refractivity contribution in [2.24, 2.45) is 0 Å². The molecular formula is C21H26F3N5O. The monoisotopic (exact) mass is 421 g/mol. The maximum atomic E-state index is 13.4. The van der Waals surface area contributed by atoms with Crippen LogP contribution in [-0.4, -0.2) is 50.9 Å². The summed E-state index contributed by atoms with van der Waals surface area (Å²) < 4.78 is 41.4. The lowest BCUT2D eigenvalue weighted by atomic mass is 10.0. The van der Waals surface area contributed by atoms with Gasteiger partial charge >= 0.3 is 6.18 Å². The number of nitrogens with one attached hydrogen (secondary N) is 1. The largest absolute Gasteiger partial charge is 0.410 e. The van der Waals surface area contributed by atoms with Gasteiger partial charge in [-0.15, -0.1) is 0 Å². The fourth-order valence-corrected chi connectivity index (χ4v) is 4.36. The smallest absolute Gasteiger partial charge is 0.368 e. The van der Waals surface area contributed by atoms with Crippen LogP contribution in [0.1, 0.15) is 55.8 Å². The SMILES string of the molecule is C[C@@H]1C[C@H](C(F)(F)F)n2nc([C@H]3CCN(C(=O)CCCc4ccncc4)C3)cc2N1. The fraction of sp³-hybridized carbons (Fsp3) is 0.571. The highest BCUT2D eigenvalue weighted by molar-refractivity contribution is 5.76. The molecule has 2 aromatic heterocycles. The summed E-state index contributed by atoms with van der Waals surface area (Å²) in [4.78, 5) is 18.4. The number of anilines is 1. The van der Waals surface area contributed by atoms with Crippen molar-refractivity contribution in [3.05, 3.63) is 41.9 Å². The van der Waals surface area contributed by atoms with Crippen molar-refractivity contribution in [1.29, 1.82) is 0 Å². The Bertz CT molecular complexity index is 883. The molecule has 162 valence electrons. The van der Waals surface area contributed by atoms with Crippen LogP contribution in [-0.2, 0) is 11.2 Å². The Labute approximate surface area is 173 Å². The molecule has 9 heteroatoms. The number of amides is 1. The second kappa shape index (κ2) is 8.28. The highest BCUT2D eigenvalue weighted by atomic mass is 19.4. The van der Waals surface area contributed by atoms with Crippen LogP contribution in [0.2, 0.25) is 0 Å². The number of nitrogens with zero attached hydrogens (tertiary/aromatic N) is 4. The first-order valence-corrected chi connectivity index (χ1v) is 10.4. The first kappa shape index (κ1) is 20.7. The van der Waals surface area contributed by atoms with E-state index in [9.17, 15) is 18.0 Å². The molecule has 0 unspecified atom stereocenters. The molecular weight excluding hydrogens is 395 g/mol. The summed E-state index contributed by atoms with van der Waals surface area (Å²) in [5, 5.41) is 7.40. The Kier molecular flexibility index (Phi) is 5.71. The minimum absolute atomic E-state index is 0.0294. The second-order valence-corrected chi connectivity index (χ2v) is 8.27. The number of hydrogen-bond donors (Lipinski definition) is 1. The molecule has 1 amide bonds. The number of rotatable bonds is 5. The molecule has 0 bridgehead atoms. The molecule has 2 aliphatic heterocycles. The number of pyridine rings is 1. The van der Waals surface area contributed by atoms with Gasteiger partial charge in [-0.1, -0.05) is 0 Å². The topological polar surface area (TPSA) is 63.1 Å². The van der Waals surface area contributed by atoms with Gasteiger partial charge in [-0.05, 0) is 50.3 Å². The molecule has 30 heavy (non-hydrogen) atoms.